The van der Waals surface area contributed by atoms with Crippen molar-refractivity contribution < 1.29 is 9.84 Å². The van der Waals surface area contributed by atoms with E-state index in [0.717, 1.165) is 37.4 Å². The summed E-state index contributed by atoms with van der Waals surface area (Å²) in [5.74, 6) is 0.985. The Kier molecular flexibility index (Phi) is 4.23. The number of benzene rings is 1. The van der Waals surface area contributed by atoms with Gasteiger partial charge in [0, 0.05) is 12.0 Å². The van der Waals surface area contributed by atoms with Crippen LogP contribution >= 0.6 is 0 Å². The summed E-state index contributed by atoms with van der Waals surface area (Å²) in [6.07, 6.45) is 5.63. The van der Waals surface area contributed by atoms with Crippen LogP contribution in [0.5, 0.6) is 5.75 Å². The quantitative estimate of drug-likeness (QED) is 0.926. The van der Waals surface area contributed by atoms with Crippen LogP contribution in [0.1, 0.15) is 56.8 Å². The summed E-state index contributed by atoms with van der Waals surface area (Å²) in [4.78, 5) is 2.47. The summed E-state index contributed by atoms with van der Waals surface area (Å²) in [5.41, 5.74) is 2.03. The van der Waals surface area contributed by atoms with E-state index in [1.165, 1.54) is 31.2 Å². The summed E-state index contributed by atoms with van der Waals surface area (Å²) >= 11 is 0. The zero-order valence-electron chi connectivity index (χ0n) is 13.3. The Hall–Kier alpha value is -1.06. The number of aliphatic hydroxyl groups excluding tert-OH is 1. The molecule has 21 heavy (non-hydrogen) atoms. The van der Waals surface area contributed by atoms with Gasteiger partial charge in [0.05, 0.1) is 12.7 Å². The van der Waals surface area contributed by atoms with E-state index in [1.54, 1.807) is 0 Å². The van der Waals surface area contributed by atoms with Crippen LogP contribution in [0.3, 0.4) is 0 Å². The third kappa shape index (κ3) is 2.95. The average Bonchev–Trinajstić information content (AvgIpc) is 2.77. The topological polar surface area (TPSA) is 32.7 Å². The van der Waals surface area contributed by atoms with Gasteiger partial charge in [-0.1, -0.05) is 18.9 Å². The molecule has 2 aliphatic rings. The van der Waals surface area contributed by atoms with Crippen molar-refractivity contribution in [3.05, 3.63) is 29.3 Å². The van der Waals surface area contributed by atoms with E-state index in [9.17, 15) is 5.11 Å². The van der Waals surface area contributed by atoms with Gasteiger partial charge in [-0.2, -0.15) is 0 Å². The number of fused-ring (bicyclic) bond motifs is 1. The van der Waals surface area contributed by atoms with Crippen LogP contribution in [0, 0.1) is 0 Å². The molecule has 0 spiro atoms. The SMILES string of the molecule is CC(C)(C(O)c1ccc2c(c1)CCO2)N1CCCCCC1. The van der Waals surface area contributed by atoms with Gasteiger partial charge in [-0.25, -0.2) is 0 Å². The Labute approximate surface area is 127 Å². The number of hydrogen-bond donors (Lipinski definition) is 1. The molecule has 0 aromatic heterocycles. The minimum absolute atomic E-state index is 0.224. The fourth-order valence-corrected chi connectivity index (χ4v) is 3.60. The summed E-state index contributed by atoms with van der Waals surface area (Å²) in [6, 6.07) is 6.17. The summed E-state index contributed by atoms with van der Waals surface area (Å²) < 4.78 is 5.56. The molecule has 1 saturated heterocycles. The van der Waals surface area contributed by atoms with Crippen LogP contribution < -0.4 is 4.74 Å². The molecule has 0 bridgehead atoms. The first-order valence-corrected chi connectivity index (χ1v) is 8.28. The van der Waals surface area contributed by atoms with Crippen molar-refractivity contribution in [2.24, 2.45) is 0 Å². The summed E-state index contributed by atoms with van der Waals surface area (Å²) in [7, 11) is 0. The second-order valence-corrected chi connectivity index (χ2v) is 6.92. The Morgan fingerprint density at radius 2 is 1.86 bits per heavy atom. The van der Waals surface area contributed by atoms with E-state index >= 15 is 0 Å². The first-order chi connectivity index (χ1) is 10.1. The van der Waals surface area contributed by atoms with Gasteiger partial charge in [-0.3, -0.25) is 4.90 Å². The average molecular weight is 289 g/mol. The van der Waals surface area contributed by atoms with Gasteiger partial charge in [-0.15, -0.1) is 0 Å². The maximum absolute atomic E-state index is 10.9. The highest BCUT2D eigenvalue weighted by Crippen LogP contribution is 2.35. The molecule has 1 unspecified atom stereocenters. The zero-order chi connectivity index (χ0) is 14.9. The molecule has 3 rings (SSSR count). The van der Waals surface area contributed by atoms with E-state index in [0.29, 0.717) is 0 Å². The lowest BCUT2D eigenvalue weighted by Gasteiger charge is -2.41. The first-order valence-electron chi connectivity index (χ1n) is 8.28. The Morgan fingerprint density at radius 1 is 1.14 bits per heavy atom. The fraction of sp³-hybridized carbons (Fsp3) is 0.667. The summed E-state index contributed by atoms with van der Waals surface area (Å²) in [6.45, 7) is 7.31. The zero-order valence-corrected chi connectivity index (χ0v) is 13.3. The van der Waals surface area contributed by atoms with Crippen LogP contribution in [0.2, 0.25) is 0 Å². The third-order valence-corrected chi connectivity index (χ3v) is 5.12. The van der Waals surface area contributed by atoms with Crippen molar-refractivity contribution >= 4 is 0 Å². The highest BCUT2D eigenvalue weighted by atomic mass is 16.5. The number of aliphatic hydroxyl groups is 1. The second-order valence-electron chi connectivity index (χ2n) is 6.92. The van der Waals surface area contributed by atoms with E-state index < -0.39 is 6.10 Å². The van der Waals surface area contributed by atoms with Crippen molar-refractivity contribution in [3.8, 4) is 5.75 Å². The van der Waals surface area contributed by atoms with E-state index in [1.807, 2.05) is 12.1 Å². The van der Waals surface area contributed by atoms with Gasteiger partial charge < -0.3 is 9.84 Å². The summed E-state index contributed by atoms with van der Waals surface area (Å²) in [5, 5.41) is 10.9. The molecule has 1 N–H and O–H groups in total. The lowest BCUT2D eigenvalue weighted by molar-refractivity contribution is -0.0100. The molecule has 0 saturated carbocycles. The predicted octanol–water partition coefficient (Wildman–Crippen LogP) is 3.31. The largest absolute Gasteiger partial charge is 0.493 e. The minimum atomic E-state index is -0.457. The highest BCUT2D eigenvalue weighted by Gasteiger charge is 2.35. The predicted molar refractivity (Wildman–Crippen MR) is 84.7 cm³/mol. The Morgan fingerprint density at radius 3 is 2.57 bits per heavy atom. The molecule has 2 heterocycles. The third-order valence-electron chi connectivity index (χ3n) is 5.12. The van der Waals surface area contributed by atoms with E-state index in [2.05, 4.69) is 24.8 Å². The van der Waals surface area contributed by atoms with Gasteiger partial charge >= 0.3 is 0 Å². The Balaban J connectivity index is 1.80. The standard InChI is InChI=1S/C18H27NO2/c1-18(2,19-10-5-3-4-6-11-19)17(20)15-7-8-16-14(13-15)9-12-21-16/h7-8,13,17,20H,3-6,9-12H2,1-2H3. The number of nitrogens with zero attached hydrogens (tertiary/aromatic N) is 1. The van der Waals surface area contributed by atoms with Crippen LogP contribution in [0.25, 0.3) is 0 Å². The molecule has 3 nitrogen and oxygen atoms in total. The maximum atomic E-state index is 10.9. The van der Waals surface area contributed by atoms with Crippen molar-refractivity contribution in [2.75, 3.05) is 19.7 Å². The van der Waals surface area contributed by atoms with Crippen molar-refractivity contribution in [1.82, 2.24) is 4.90 Å². The highest BCUT2D eigenvalue weighted by molar-refractivity contribution is 5.41. The fourth-order valence-electron chi connectivity index (χ4n) is 3.60. The van der Waals surface area contributed by atoms with Crippen LogP contribution in [0.15, 0.2) is 18.2 Å². The van der Waals surface area contributed by atoms with Crippen molar-refractivity contribution in [3.63, 3.8) is 0 Å². The van der Waals surface area contributed by atoms with Gasteiger partial charge in [0.2, 0.25) is 0 Å². The number of likely N-dealkylation sites (tertiary alicyclic amines) is 1. The molecule has 1 fully saturated rings. The van der Waals surface area contributed by atoms with Crippen molar-refractivity contribution in [1.29, 1.82) is 0 Å². The molecule has 3 heteroatoms. The molecular formula is C18H27NO2. The Bertz CT molecular complexity index is 490. The molecular weight excluding hydrogens is 262 g/mol. The molecule has 0 radical (unpaired) electrons. The molecule has 1 aromatic rings. The second kappa shape index (κ2) is 5.98. The van der Waals surface area contributed by atoms with Crippen LogP contribution in [-0.4, -0.2) is 35.2 Å². The van der Waals surface area contributed by atoms with Gasteiger partial charge in [0.25, 0.3) is 0 Å². The smallest absolute Gasteiger partial charge is 0.122 e. The minimum Gasteiger partial charge on any atom is -0.493 e. The molecule has 1 atom stereocenters. The van der Waals surface area contributed by atoms with E-state index in [-0.39, 0.29) is 5.54 Å². The normalized spacial score (nSPS) is 21.5. The maximum Gasteiger partial charge on any atom is 0.122 e. The monoisotopic (exact) mass is 289 g/mol. The molecule has 2 aliphatic heterocycles. The van der Waals surface area contributed by atoms with Gasteiger partial charge in [-0.05, 0) is 63.0 Å². The van der Waals surface area contributed by atoms with Crippen molar-refractivity contribution in [2.45, 2.75) is 57.6 Å². The lowest BCUT2D eigenvalue weighted by Crippen LogP contribution is -2.48. The van der Waals surface area contributed by atoms with Gasteiger partial charge in [0.15, 0.2) is 0 Å². The van der Waals surface area contributed by atoms with E-state index in [4.69, 9.17) is 4.74 Å². The first kappa shape index (κ1) is 14.9. The molecule has 1 aromatic carbocycles. The number of hydrogen-bond acceptors (Lipinski definition) is 3. The van der Waals surface area contributed by atoms with Crippen LogP contribution in [0.4, 0.5) is 0 Å². The van der Waals surface area contributed by atoms with Crippen LogP contribution in [-0.2, 0) is 6.42 Å². The molecule has 0 aliphatic carbocycles. The lowest BCUT2D eigenvalue weighted by atomic mass is 9.88. The number of ether oxygens (including phenoxy) is 1. The molecule has 0 amide bonds. The number of rotatable bonds is 3. The van der Waals surface area contributed by atoms with Gasteiger partial charge in [0.1, 0.15) is 5.75 Å². The molecule has 116 valence electrons.